The average Bonchev–Trinajstić information content (AvgIpc) is 2.97. The molecule has 1 amide bonds. The molecular weight excluding hydrogens is 390 g/mol. The predicted molar refractivity (Wildman–Crippen MR) is 104 cm³/mol. The highest BCUT2D eigenvalue weighted by Gasteiger charge is 2.14. The van der Waals surface area contributed by atoms with Crippen LogP contribution in [0.3, 0.4) is 0 Å². The molecule has 0 aliphatic heterocycles. The Morgan fingerprint density at radius 3 is 2.67 bits per heavy atom. The van der Waals surface area contributed by atoms with Gasteiger partial charge in [-0.25, -0.2) is 8.78 Å². The van der Waals surface area contributed by atoms with Crippen molar-refractivity contribution in [2.45, 2.75) is 18.4 Å². The standard InChI is InChI=1S/C19H18F2N2O2S2/c1-3-26-14-6-4-12(5-7-14)18(24)22-19-23(8-9-25-2)17-15(21)10-13(20)11-16(17)27-19/h4-7,10-11H,3,8-9H2,1-2H3. The average molecular weight is 408 g/mol. The fraction of sp³-hybridized carbons (Fsp3) is 0.263. The van der Waals surface area contributed by atoms with Crippen molar-refractivity contribution in [3.05, 3.63) is 58.4 Å². The highest BCUT2D eigenvalue weighted by Crippen LogP contribution is 2.23. The molecule has 3 rings (SSSR count). The molecule has 0 aliphatic carbocycles. The van der Waals surface area contributed by atoms with Crippen molar-refractivity contribution in [2.75, 3.05) is 19.5 Å². The zero-order valence-electron chi connectivity index (χ0n) is 14.9. The molecule has 0 spiro atoms. The maximum atomic E-state index is 14.3. The number of rotatable bonds is 6. The molecule has 0 fully saturated rings. The number of carbonyl (C=O) groups excluding carboxylic acids is 1. The van der Waals surface area contributed by atoms with Crippen LogP contribution in [-0.2, 0) is 11.3 Å². The van der Waals surface area contributed by atoms with Gasteiger partial charge in [0, 0.05) is 30.2 Å². The summed E-state index contributed by atoms with van der Waals surface area (Å²) in [4.78, 5) is 18.1. The molecule has 2 aromatic carbocycles. The van der Waals surface area contributed by atoms with Crippen molar-refractivity contribution in [3.63, 3.8) is 0 Å². The fourth-order valence-corrected chi connectivity index (χ4v) is 4.37. The summed E-state index contributed by atoms with van der Waals surface area (Å²) in [6.07, 6.45) is 0. The molecule has 0 saturated heterocycles. The molecule has 1 heterocycles. The van der Waals surface area contributed by atoms with E-state index in [0.29, 0.717) is 28.2 Å². The quantitative estimate of drug-likeness (QED) is 0.565. The summed E-state index contributed by atoms with van der Waals surface area (Å²) in [5.74, 6) is -0.836. The Hall–Kier alpha value is -2.03. The van der Waals surface area contributed by atoms with Crippen LogP contribution < -0.4 is 4.80 Å². The third-order valence-corrected chi connectivity index (χ3v) is 5.74. The van der Waals surface area contributed by atoms with Crippen molar-refractivity contribution in [1.29, 1.82) is 0 Å². The van der Waals surface area contributed by atoms with E-state index in [1.54, 1.807) is 28.5 Å². The van der Waals surface area contributed by atoms with Gasteiger partial charge in [-0.05, 0) is 36.1 Å². The number of benzene rings is 2. The molecular formula is C19H18F2N2O2S2. The second kappa shape index (κ2) is 8.77. The summed E-state index contributed by atoms with van der Waals surface area (Å²) >= 11 is 2.75. The number of hydrogen-bond acceptors (Lipinski definition) is 4. The molecule has 0 aliphatic rings. The van der Waals surface area contributed by atoms with E-state index < -0.39 is 17.5 Å². The lowest BCUT2D eigenvalue weighted by molar-refractivity contribution is 0.0997. The summed E-state index contributed by atoms with van der Waals surface area (Å²) in [6.45, 7) is 2.67. The van der Waals surface area contributed by atoms with Gasteiger partial charge in [-0.15, -0.1) is 11.8 Å². The second-order valence-corrected chi connectivity index (χ2v) is 7.98. The minimum absolute atomic E-state index is 0.222. The normalized spacial score (nSPS) is 12.1. The maximum absolute atomic E-state index is 14.3. The van der Waals surface area contributed by atoms with E-state index >= 15 is 0 Å². The van der Waals surface area contributed by atoms with Crippen LogP contribution >= 0.6 is 23.1 Å². The number of nitrogens with zero attached hydrogens (tertiary/aromatic N) is 2. The van der Waals surface area contributed by atoms with Gasteiger partial charge in [-0.2, -0.15) is 4.99 Å². The summed E-state index contributed by atoms with van der Waals surface area (Å²) in [6, 6.07) is 9.25. The maximum Gasteiger partial charge on any atom is 0.279 e. The fourth-order valence-electron chi connectivity index (χ4n) is 2.62. The monoisotopic (exact) mass is 408 g/mol. The number of carbonyl (C=O) groups is 1. The van der Waals surface area contributed by atoms with E-state index in [2.05, 4.69) is 11.9 Å². The molecule has 27 heavy (non-hydrogen) atoms. The van der Waals surface area contributed by atoms with Crippen LogP contribution in [0, 0.1) is 11.6 Å². The summed E-state index contributed by atoms with van der Waals surface area (Å²) in [7, 11) is 1.53. The van der Waals surface area contributed by atoms with Crippen LogP contribution in [0.5, 0.6) is 0 Å². The topological polar surface area (TPSA) is 43.6 Å². The van der Waals surface area contributed by atoms with Gasteiger partial charge in [0.2, 0.25) is 0 Å². The van der Waals surface area contributed by atoms with Crippen molar-refractivity contribution < 1.29 is 18.3 Å². The molecule has 0 radical (unpaired) electrons. The second-order valence-electron chi connectivity index (χ2n) is 5.64. The number of ether oxygens (including phenoxy) is 1. The molecule has 0 bridgehead atoms. The summed E-state index contributed by atoms with van der Waals surface area (Å²) < 4.78 is 34.9. The Bertz CT molecular complexity index is 1030. The third kappa shape index (κ3) is 4.45. The summed E-state index contributed by atoms with van der Waals surface area (Å²) in [5.41, 5.74) is 0.664. The molecule has 0 saturated carbocycles. The first kappa shape index (κ1) is 19.7. The smallest absolute Gasteiger partial charge is 0.279 e. The molecule has 8 heteroatoms. The lowest BCUT2D eigenvalue weighted by Gasteiger charge is -2.05. The highest BCUT2D eigenvalue weighted by molar-refractivity contribution is 7.99. The Labute approximate surface area is 163 Å². The van der Waals surface area contributed by atoms with Gasteiger partial charge in [0.15, 0.2) is 10.6 Å². The van der Waals surface area contributed by atoms with Gasteiger partial charge in [0.1, 0.15) is 5.82 Å². The third-order valence-electron chi connectivity index (χ3n) is 3.82. The molecule has 4 nitrogen and oxygen atoms in total. The van der Waals surface area contributed by atoms with Crippen molar-refractivity contribution in [2.24, 2.45) is 4.99 Å². The zero-order chi connectivity index (χ0) is 19.4. The SMILES string of the molecule is CCSc1ccc(C(=O)N=c2sc3cc(F)cc(F)c3n2CCOC)cc1. The van der Waals surface area contributed by atoms with Gasteiger partial charge in [-0.3, -0.25) is 4.79 Å². The minimum atomic E-state index is -0.688. The minimum Gasteiger partial charge on any atom is -0.383 e. The van der Waals surface area contributed by atoms with Gasteiger partial charge in [0.05, 0.1) is 16.8 Å². The van der Waals surface area contributed by atoms with E-state index in [1.807, 2.05) is 12.1 Å². The van der Waals surface area contributed by atoms with Crippen LogP contribution in [0.15, 0.2) is 46.3 Å². The Balaban J connectivity index is 2.05. The van der Waals surface area contributed by atoms with E-state index in [-0.39, 0.29) is 5.52 Å². The van der Waals surface area contributed by atoms with Crippen LogP contribution in [-0.4, -0.2) is 29.9 Å². The van der Waals surface area contributed by atoms with Gasteiger partial charge >= 0.3 is 0 Å². The van der Waals surface area contributed by atoms with Crippen LogP contribution in [0.2, 0.25) is 0 Å². The molecule has 1 aromatic heterocycles. The predicted octanol–water partition coefficient (Wildman–Crippen LogP) is 4.48. The first-order valence-electron chi connectivity index (χ1n) is 8.32. The van der Waals surface area contributed by atoms with E-state index in [4.69, 9.17) is 4.74 Å². The highest BCUT2D eigenvalue weighted by atomic mass is 32.2. The van der Waals surface area contributed by atoms with Crippen molar-refractivity contribution in [1.82, 2.24) is 4.57 Å². The zero-order valence-corrected chi connectivity index (χ0v) is 16.5. The Morgan fingerprint density at radius 2 is 2.00 bits per heavy atom. The van der Waals surface area contributed by atoms with E-state index in [0.717, 1.165) is 28.1 Å². The first-order chi connectivity index (χ1) is 13.0. The molecule has 0 unspecified atom stereocenters. The number of fused-ring (bicyclic) bond motifs is 1. The summed E-state index contributed by atoms with van der Waals surface area (Å²) in [5, 5.41) is 0. The van der Waals surface area contributed by atoms with Gasteiger partial charge in [-0.1, -0.05) is 18.3 Å². The largest absolute Gasteiger partial charge is 0.383 e. The molecule has 3 aromatic rings. The van der Waals surface area contributed by atoms with E-state index in [9.17, 15) is 13.6 Å². The molecule has 0 N–H and O–H groups in total. The van der Waals surface area contributed by atoms with Crippen molar-refractivity contribution >= 4 is 39.2 Å². The van der Waals surface area contributed by atoms with Gasteiger partial charge in [0.25, 0.3) is 5.91 Å². The Kier molecular flexibility index (Phi) is 6.41. The lowest BCUT2D eigenvalue weighted by atomic mass is 10.2. The number of hydrogen-bond donors (Lipinski definition) is 0. The molecule has 142 valence electrons. The lowest BCUT2D eigenvalue weighted by Crippen LogP contribution is -2.19. The van der Waals surface area contributed by atoms with Crippen molar-refractivity contribution in [3.8, 4) is 0 Å². The number of aromatic nitrogens is 1. The van der Waals surface area contributed by atoms with Crippen LogP contribution in [0.1, 0.15) is 17.3 Å². The van der Waals surface area contributed by atoms with E-state index in [1.165, 1.54) is 13.2 Å². The van der Waals surface area contributed by atoms with Gasteiger partial charge < -0.3 is 9.30 Å². The first-order valence-corrected chi connectivity index (χ1v) is 10.1. The van der Waals surface area contributed by atoms with Crippen LogP contribution in [0.25, 0.3) is 10.2 Å². The number of methoxy groups -OCH3 is 1. The molecule has 0 atom stereocenters. The van der Waals surface area contributed by atoms with Crippen LogP contribution in [0.4, 0.5) is 8.78 Å². The Morgan fingerprint density at radius 1 is 1.26 bits per heavy atom. The number of thiazole rings is 1. The number of thioether (sulfide) groups is 1. The number of halogens is 2. The number of amides is 1.